The van der Waals surface area contributed by atoms with Gasteiger partial charge in [-0.15, -0.1) is 0 Å². The molecule has 3 atom stereocenters. The van der Waals surface area contributed by atoms with Gasteiger partial charge in [-0.3, -0.25) is 4.98 Å². The van der Waals surface area contributed by atoms with Crippen molar-refractivity contribution in [1.29, 1.82) is 0 Å². The van der Waals surface area contributed by atoms with Crippen molar-refractivity contribution in [2.75, 3.05) is 4.90 Å². The predicted molar refractivity (Wildman–Crippen MR) is 170 cm³/mol. The van der Waals surface area contributed by atoms with Gasteiger partial charge in [-0.05, 0) is 120 Å². The first-order valence-corrected chi connectivity index (χ1v) is 15.3. The van der Waals surface area contributed by atoms with Crippen molar-refractivity contribution < 1.29 is 24.2 Å². The van der Waals surface area contributed by atoms with Crippen LogP contribution in [-0.2, 0) is 15.0 Å². The number of ether oxygens (including phenoxy) is 2. The number of pyridine rings is 1. The summed E-state index contributed by atoms with van der Waals surface area (Å²) in [5.74, 6) is 0.724. The van der Waals surface area contributed by atoms with Gasteiger partial charge in [0.2, 0.25) is 0 Å². The molecule has 0 bridgehead atoms. The van der Waals surface area contributed by atoms with E-state index in [9.17, 15) is 14.7 Å². The maximum atomic E-state index is 13.8. The zero-order valence-corrected chi connectivity index (χ0v) is 27.6. The minimum Gasteiger partial charge on any atom is -0.444 e. The summed E-state index contributed by atoms with van der Waals surface area (Å²) in [6, 6.07) is 5.52. The van der Waals surface area contributed by atoms with Gasteiger partial charge in [0, 0.05) is 24.2 Å². The Morgan fingerprint density at radius 2 is 1.77 bits per heavy atom. The lowest BCUT2D eigenvalue weighted by atomic mass is 10.0. The molecule has 0 aliphatic heterocycles. The lowest BCUT2D eigenvalue weighted by Gasteiger charge is -2.30. The highest BCUT2D eigenvalue weighted by Crippen LogP contribution is 2.39. The Hall–Kier alpha value is -3.40. The lowest BCUT2D eigenvalue weighted by Crippen LogP contribution is -2.37. The van der Waals surface area contributed by atoms with Crippen LogP contribution in [0.25, 0.3) is 6.08 Å². The fraction of sp³-hybridized carbons (Fsp3) is 0.636. The Balaban J connectivity index is 1.87. The second-order valence-corrected chi connectivity index (χ2v) is 14.5. The van der Waals surface area contributed by atoms with Crippen LogP contribution in [0.5, 0.6) is 0 Å². The summed E-state index contributed by atoms with van der Waals surface area (Å²) in [7, 11) is 0. The number of anilines is 2. The van der Waals surface area contributed by atoms with E-state index in [1.54, 1.807) is 17.2 Å². The number of alkyl carbamates (subject to hydrolysis) is 1. The van der Waals surface area contributed by atoms with Crippen molar-refractivity contribution in [2.24, 2.45) is 0 Å². The minimum atomic E-state index is -0.708. The van der Waals surface area contributed by atoms with Gasteiger partial charge < -0.3 is 19.9 Å². The molecule has 1 aliphatic carbocycles. The average Bonchev–Trinajstić information content (AvgIpc) is 3.46. The first-order valence-electron chi connectivity index (χ1n) is 15.3. The summed E-state index contributed by atoms with van der Waals surface area (Å²) in [5.41, 5.74) is 0.467. The summed E-state index contributed by atoms with van der Waals surface area (Å²) >= 11 is 0. The van der Waals surface area contributed by atoms with Gasteiger partial charge in [0.15, 0.2) is 0 Å². The number of nitrogens with one attached hydrogen (secondary N) is 1. The molecule has 1 aliphatic rings. The molecule has 238 valence electrons. The third kappa shape index (κ3) is 10.4. The Labute approximate surface area is 256 Å². The number of aromatic nitrogens is 3. The standard InChI is InChI=1S/C33H51N5O5/c1-22(35-29(40)42-32(5,6)7)13-11-12-14-24-20-25(17-18-34-24)37(30(41)43-33(8,9)10)28-21-27(23-15-16-26(39)19-23)36-38(28)31(2,3)4/h12,14,17-18,20-23,26,39H,11,13,15-16,19H2,1-10H3,(H,35,40)/b14-12+/t22-,23+,26-/m1/s1. The fourth-order valence-corrected chi connectivity index (χ4v) is 4.90. The monoisotopic (exact) mass is 597 g/mol. The van der Waals surface area contributed by atoms with E-state index in [0.29, 0.717) is 30.0 Å². The van der Waals surface area contributed by atoms with Crippen LogP contribution in [0.1, 0.15) is 119 Å². The number of amides is 2. The molecule has 2 aromatic heterocycles. The first-order chi connectivity index (χ1) is 19.8. The highest BCUT2D eigenvalue weighted by Gasteiger charge is 2.34. The molecule has 2 amide bonds. The van der Waals surface area contributed by atoms with E-state index < -0.39 is 28.9 Å². The molecule has 1 saturated carbocycles. The van der Waals surface area contributed by atoms with E-state index in [4.69, 9.17) is 14.6 Å². The zero-order valence-electron chi connectivity index (χ0n) is 27.6. The molecule has 10 nitrogen and oxygen atoms in total. The number of hydrogen-bond donors (Lipinski definition) is 2. The summed E-state index contributed by atoms with van der Waals surface area (Å²) in [6.07, 6.45) is 7.99. The molecule has 2 aromatic rings. The number of aliphatic hydroxyl groups is 1. The predicted octanol–water partition coefficient (Wildman–Crippen LogP) is 7.44. The normalized spacial score (nSPS) is 18.5. The number of rotatable bonds is 8. The van der Waals surface area contributed by atoms with Gasteiger partial charge in [0.1, 0.15) is 17.0 Å². The molecule has 10 heteroatoms. The Morgan fingerprint density at radius 3 is 2.35 bits per heavy atom. The van der Waals surface area contributed by atoms with Crippen LogP contribution in [-0.4, -0.2) is 55.4 Å². The molecule has 0 spiro atoms. The maximum absolute atomic E-state index is 13.8. The topological polar surface area (TPSA) is 119 Å². The molecule has 2 heterocycles. The van der Waals surface area contributed by atoms with Crippen LogP contribution in [0.15, 0.2) is 30.5 Å². The minimum absolute atomic E-state index is 0.0608. The third-order valence-corrected chi connectivity index (χ3v) is 6.81. The van der Waals surface area contributed by atoms with Gasteiger partial charge in [0.25, 0.3) is 0 Å². The Kier molecular flexibility index (Phi) is 10.7. The molecular weight excluding hydrogens is 546 g/mol. The zero-order chi connectivity index (χ0) is 32.2. The fourth-order valence-electron chi connectivity index (χ4n) is 4.90. The van der Waals surface area contributed by atoms with Crippen LogP contribution >= 0.6 is 0 Å². The van der Waals surface area contributed by atoms with Gasteiger partial charge in [-0.1, -0.05) is 6.08 Å². The van der Waals surface area contributed by atoms with Gasteiger partial charge >= 0.3 is 12.2 Å². The average molecular weight is 598 g/mol. The van der Waals surface area contributed by atoms with E-state index >= 15 is 0 Å². The van der Waals surface area contributed by atoms with Gasteiger partial charge in [0.05, 0.1) is 28.7 Å². The van der Waals surface area contributed by atoms with Gasteiger partial charge in [-0.25, -0.2) is 19.2 Å². The SMILES string of the molecule is C[C@H](CC/C=C/c1cc(N(C(=O)OC(C)(C)C)c2cc([C@H]3CC[C@@H](O)C3)nn2C(C)(C)C)ccn1)NC(=O)OC(C)(C)C. The highest BCUT2D eigenvalue weighted by atomic mass is 16.6. The molecular formula is C33H51N5O5. The molecule has 1 fully saturated rings. The number of nitrogens with zero attached hydrogens (tertiary/aromatic N) is 4. The Bertz CT molecular complexity index is 1280. The maximum Gasteiger partial charge on any atom is 0.420 e. The van der Waals surface area contributed by atoms with E-state index in [-0.39, 0.29) is 18.1 Å². The first kappa shape index (κ1) is 34.1. The van der Waals surface area contributed by atoms with Gasteiger partial charge in [-0.2, -0.15) is 5.10 Å². The number of hydrogen-bond acceptors (Lipinski definition) is 7. The number of carbonyl (C=O) groups excluding carboxylic acids is 2. The summed E-state index contributed by atoms with van der Waals surface area (Å²) in [5, 5.41) is 18.0. The molecule has 43 heavy (non-hydrogen) atoms. The van der Waals surface area contributed by atoms with Crippen molar-refractivity contribution in [3.8, 4) is 0 Å². The van der Waals surface area contributed by atoms with Crippen molar-refractivity contribution in [2.45, 2.75) is 136 Å². The summed E-state index contributed by atoms with van der Waals surface area (Å²) < 4.78 is 13.1. The second-order valence-electron chi connectivity index (χ2n) is 14.5. The molecule has 0 radical (unpaired) electrons. The van der Waals surface area contributed by atoms with Crippen LogP contribution in [0.4, 0.5) is 21.1 Å². The molecule has 0 aromatic carbocycles. The molecule has 2 N–H and O–H groups in total. The number of carbonyl (C=O) groups is 2. The van der Waals surface area contributed by atoms with Crippen molar-refractivity contribution in [3.63, 3.8) is 0 Å². The largest absolute Gasteiger partial charge is 0.444 e. The van der Waals surface area contributed by atoms with Crippen molar-refractivity contribution in [1.82, 2.24) is 20.1 Å². The summed E-state index contributed by atoms with van der Waals surface area (Å²) in [4.78, 5) is 31.9. The molecule has 0 unspecified atom stereocenters. The van der Waals surface area contributed by atoms with Crippen LogP contribution in [0.3, 0.4) is 0 Å². The van der Waals surface area contributed by atoms with Crippen LogP contribution in [0.2, 0.25) is 0 Å². The second kappa shape index (κ2) is 13.5. The quantitative estimate of drug-likeness (QED) is 0.325. The summed E-state index contributed by atoms with van der Waals surface area (Å²) in [6.45, 7) is 19.1. The third-order valence-electron chi connectivity index (χ3n) is 6.81. The van der Waals surface area contributed by atoms with Crippen LogP contribution in [0, 0.1) is 0 Å². The van der Waals surface area contributed by atoms with Crippen LogP contribution < -0.4 is 10.2 Å². The van der Waals surface area contributed by atoms with E-state index in [1.165, 1.54) is 0 Å². The number of allylic oxidation sites excluding steroid dienone is 1. The number of aliphatic hydroxyl groups excluding tert-OH is 1. The Morgan fingerprint density at radius 1 is 1.09 bits per heavy atom. The van der Waals surface area contributed by atoms with E-state index in [1.807, 2.05) is 98.2 Å². The smallest absolute Gasteiger partial charge is 0.420 e. The lowest BCUT2D eigenvalue weighted by molar-refractivity contribution is 0.0505. The molecule has 3 rings (SSSR count). The van der Waals surface area contributed by atoms with Crippen molar-refractivity contribution in [3.05, 3.63) is 41.9 Å². The van der Waals surface area contributed by atoms with Crippen molar-refractivity contribution >= 4 is 29.8 Å². The van der Waals surface area contributed by atoms with E-state index in [0.717, 1.165) is 25.0 Å². The van der Waals surface area contributed by atoms with E-state index in [2.05, 4.69) is 10.3 Å². The molecule has 0 saturated heterocycles. The highest BCUT2D eigenvalue weighted by molar-refractivity contribution is 5.95.